The summed E-state index contributed by atoms with van der Waals surface area (Å²) in [5.41, 5.74) is 0. The minimum atomic E-state index is -0.333. The van der Waals surface area contributed by atoms with Gasteiger partial charge in [0.05, 0.1) is 13.2 Å². The maximum atomic E-state index is 13.3. The SMILES string of the molecule is Fc1cccc(Oc2cc(N3CCN(CCN4CCOCC4)CC3)ncn2)c1. The van der Waals surface area contributed by atoms with Crippen LogP contribution in [0.25, 0.3) is 0 Å². The Morgan fingerprint density at radius 3 is 2.43 bits per heavy atom. The van der Waals surface area contributed by atoms with Crippen LogP contribution in [0.3, 0.4) is 0 Å². The van der Waals surface area contributed by atoms with Crippen LogP contribution in [0.5, 0.6) is 11.6 Å². The molecular formula is C20H26FN5O2. The van der Waals surface area contributed by atoms with Gasteiger partial charge in [0.15, 0.2) is 0 Å². The maximum absolute atomic E-state index is 13.3. The Labute approximate surface area is 164 Å². The van der Waals surface area contributed by atoms with E-state index in [0.717, 1.165) is 71.4 Å². The summed E-state index contributed by atoms with van der Waals surface area (Å²) < 4.78 is 24.4. The molecule has 3 heterocycles. The molecule has 1 aromatic carbocycles. The molecule has 0 spiro atoms. The van der Waals surface area contributed by atoms with E-state index >= 15 is 0 Å². The molecule has 0 aliphatic carbocycles. The third kappa shape index (κ3) is 5.15. The lowest BCUT2D eigenvalue weighted by Gasteiger charge is -2.36. The molecule has 7 nitrogen and oxygen atoms in total. The standard InChI is InChI=1S/C20H26FN5O2/c21-17-2-1-3-18(14-17)28-20-15-19(22-16-23-20)26-8-6-24(7-9-26)4-5-25-10-12-27-13-11-25/h1-3,14-16H,4-13H2. The summed E-state index contributed by atoms with van der Waals surface area (Å²) in [6, 6.07) is 7.86. The van der Waals surface area contributed by atoms with E-state index in [1.54, 1.807) is 12.1 Å². The lowest BCUT2D eigenvalue weighted by molar-refractivity contribution is 0.0331. The number of nitrogens with zero attached hydrogens (tertiary/aromatic N) is 5. The fourth-order valence-corrected chi connectivity index (χ4v) is 3.52. The zero-order chi connectivity index (χ0) is 19.2. The average molecular weight is 387 g/mol. The smallest absolute Gasteiger partial charge is 0.224 e. The number of piperazine rings is 1. The largest absolute Gasteiger partial charge is 0.439 e. The second-order valence-electron chi connectivity index (χ2n) is 7.06. The van der Waals surface area contributed by atoms with Crippen LogP contribution in [0.15, 0.2) is 36.7 Å². The van der Waals surface area contributed by atoms with Gasteiger partial charge in [0.25, 0.3) is 0 Å². The predicted molar refractivity (Wildman–Crippen MR) is 104 cm³/mol. The van der Waals surface area contributed by atoms with Crippen molar-refractivity contribution in [2.24, 2.45) is 0 Å². The van der Waals surface area contributed by atoms with E-state index in [-0.39, 0.29) is 5.82 Å². The van der Waals surface area contributed by atoms with Crippen molar-refractivity contribution < 1.29 is 13.9 Å². The van der Waals surface area contributed by atoms with Crippen molar-refractivity contribution in [3.63, 3.8) is 0 Å². The van der Waals surface area contributed by atoms with Crippen LogP contribution in [0.4, 0.5) is 10.2 Å². The Kier molecular flexibility index (Phi) is 6.31. The number of benzene rings is 1. The average Bonchev–Trinajstić information content (AvgIpc) is 2.74. The fraction of sp³-hybridized carbons (Fsp3) is 0.500. The number of morpholine rings is 1. The van der Waals surface area contributed by atoms with Crippen LogP contribution in [0, 0.1) is 5.82 Å². The van der Waals surface area contributed by atoms with E-state index in [2.05, 4.69) is 24.7 Å². The molecule has 2 saturated heterocycles. The summed E-state index contributed by atoms with van der Waals surface area (Å²) in [6.07, 6.45) is 1.49. The highest BCUT2D eigenvalue weighted by Crippen LogP contribution is 2.23. The molecule has 0 amide bonds. The number of ether oxygens (including phenoxy) is 2. The van der Waals surface area contributed by atoms with E-state index < -0.39 is 0 Å². The monoisotopic (exact) mass is 387 g/mol. The van der Waals surface area contributed by atoms with Crippen LogP contribution in [0.1, 0.15) is 0 Å². The van der Waals surface area contributed by atoms with Gasteiger partial charge in [-0.2, -0.15) is 0 Å². The minimum absolute atomic E-state index is 0.333. The normalized spacial score (nSPS) is 19.0. The number of hydrogen-bond acceptors (Lipinski definition) is 7. The number of hydrogen-bond donors (Lipinski definition) is 0. The number of anilines is 1. The van der Waals surface area contributed by atoms with Crippen molar-refractivity contribution in [1.82, 2.24) is 19.8 Å². The molecule has 0 radical (unpaired) electrons. The highest BCUT2D eigenvalue weighted by molar-refractivity contribution is 5.42. The molecule has 2 aromatic rings. The first-order valence-corrected chi connectivity index (χ1v) is 9.79. The van der Waals surface area contributed by atoms with E-state index in [4.69, 9.17) is 9.47 Å². The van der Waals surface area contributed by atoms with Gasteiger partial charge in [-0.1, -0.05) is 6.07 Å². The molecular weight excluding hydrogens is 361 g/mol. The summed E-state index contributed by atoms with van der Waals surface area (Å²) in [5.74, 6) is 1.36. The second kappa shape index (κ2) is 9.27. The van der Waals surface area contributed by atoms with Gasteiger partial charge < -0.3 is 14.4 Å². The van der Waals surface area contributed by atoms with Crippen molar-refractivity contribution >= 4 is 5.82 Å². The van der Waals surface area contributed by atoms with E-state index in [1.165, 1.54) is 18.5 Å². The second-order valence-corrected chi connectivity index (χ2v) is 7.06. The lowest BCUT2D eigenvalue weighted by Crippen LogP contribution is -2.49. The number of halogens is 1. The molecule has 0 saturated carbocycles. The molecule has 150 valence electrons. The summed E-state index contributed by atoms with van der Waals surface area (Å²) in [5, 5.41) is 0. The summed E-state index contributed by atoms with van der Waals surface area (Å²) >= 11 is 0. The topological polar surface area (TPSA) is 54.0 Å². The van der Waals surface area contributed by atoms with Crippen molar-refractivity contribution in [1.29, 1.82) is 0 Å². The van der Waals surface area contributed by atoms with Gasteiger partial charge in [0, 0.05) is 64.5 Å². The van der Waals surface area contributed by atoms with Crippen molar-refractivity contribution in [2.45, 2.75) is 0 Å². The zero-order valence-corrected chi connectivity index (χ0v) is 16.0. The maximum Gasteiger partial charge on any atom is 0.224 e. The van der Waals surface area contributed by atoms with Crippen molar-refractivity contribution in [3.05, 3.63) is 42.5 Å². The van der Waals surface area contributed by atoms with Crippen molar-refractivity contribution in [2.75, 3.05) is 70.5 Å². The number of rotatable bonds is 6. The molecule has 0 unspecified atom stereocenters. The van der Waals surface area contributed by atoms with E-state index in [1.807, 2.05) is 6.07 Å². The first-order chi connectivity index (χ1) is 13.8. The molecule has 0 atom stereocenters. The lowest BCUT2D eigenvalue weighted by atomic mass is 10.3. The third-order valence-electron chi connectivity index (χ3n) is 5.18. The van der Waals surface area contributed by atoms with Gasteiger partial charge in [-0.05, 0) is 12.1 Å². The molecule has 2 fully saturated rings. The van der Waals surface area contributed by atoms with Crippen LogP contribution in [0.2, 0.25) is 0 Å². The van der Waals surface area contributed by atoms with E-state index in [9.17, 15) is 4.39 Å². The number of aromatic nitrogens is 2. The molecule has 8 heteroatoms. The summed E-state index contributed by atoms with van der Waals surface area (Å²) in [7, 11) is 0. The van der Waals surface area contributed by atoms with Gasteiger partial charge in [-0.25, -0.2) is 14.4 Å². The first kappa shape index (κ1) is 19.0. The Bertz CT molecular complexity index is 764. The Balaban J connectivity index is 1.28. The Morgan fingerprint density at radius 2 is 1.68 bits per heavy atom. The molecule has 2 aliphatic heterocycles. The molecule has 2 aliphatic rings. The molecule has 0 N–H and O–H groups in total. The van der Waals surface area contributed by atoms with E-state index in [0.29, 0.717) is 11.6 Å². The minimum Gasteiger partial charge on any atom is -0.439 e. The first-order valence-electron chi connectivity index (χ1n) is 9.79. The predicted octanol–water partition coefficient (Wildman–Crippen LogP) is 1.86. The Hall–Kier alpha value is -2.29. The highest BCUT2D eigenvalue weighted by atomic mass is 19.1. The third-order valence-corrected chi connectivity index (χ3v) is 5.18. The molecule has 0 bridgehead atoms. The van der Waals surface area contributed by atoms with Crippen LogP contribution >= 0.6 is 0 Å². The van der Waals surface area contributed by atoms with Crippen molar-refractivity contribution in [3.8, 4) is 11.6 Å². The summed E-state index contributed by atoms with van der Waals surface area (Å²) in [6.45, 7) is 9.81. The van der Waals surface area contributed by atoms with Gasteiger partial charge in [0.1, 0.15) is 23.7 Å². The zero-order valence-electron chi connectivity index (χ0n) is 16.0. The molecule has 4 rings (SSSR count). The fourth-order valence-electron chi connectivity index (χ4n) is 3.52. The van der Waals surface area contributed by atoms with Gasteiger partial charge in [0.2, 0.25) is 5.88 Å². The molecule has 1 aromatic heterocycles. The van der Waals surface area contributed by atoms with Gasteiger partial charge >= 0.3 is 0 Å². The quantitative estimate of drug-likeness (QED) is 0.750. The van der Waals surface area contributed by atoms with Crippen LogP contribution in [-0.2, 0) is 4.74 Å². The van der Waals surface area contributed by atoms with Crippen LogP contribution < -0.4 is 9.64 Å². The van der Waals surface area contributed by atoms with Crippen LogP contribution in [-0.4, -0.2) is 85.3 Å². The Morgan fingerprint density at radius 1 is 0.929 bits per heavy atom. The molecule has 28 heavy (non-hydrogen) atoms. The van der Waals surface area contributed by atoms with Gasteiger partial charge in [-0.15, -0.1) is 0 Å². The highest BCUT2D eigenvalue weighted by Gasteiger charge is 2.20. The summed E-state index contributed by atoms with van der Waals surface area (Å²) in [4.78, 5) is 15.7. The van der Waals surface area contributed by atoms with Gasteiger partial charge in [-0.3, -0.25) is 9.80 Å².